The van der Waals surface area contributed by atoms with Gasteiger partial charge in [-0.2, -0.15) is 0 Å². The maximum Gasteiger partial charge on any atom is 0.305 e. The molecule has 4 N–H and O–H groups in total. The smallest absolute Gasteiger partial charge is 0.305 e. The van der Waals surface area contributed by atoms with E-state index in [1.54, 1.807) is 13.8 Å². The Kier molecular flexibility index (Phi) is 4.28. The zero-order chi connectivity index (χ0) is 13.9. The van der Waals surface area contributed by atoms with E-state index in [0.717, 1.165) is 0 Å². The van der Waals surface area contributed by atoms with Gasteiger partial charge in [0.25, 0.3) is 0 Å². The van der Waals surface area contributed by atoms with Gasteiger partial charge in [-0.15, -0.1) is 0 Å². The average molecular weight is 257 g/mol. The second-order valence-corrected chi connectivity index (χ2v) is 4.67. The lowest BCUT2D eigenvalue weighted by atomic mass is 9.96. The number of hydrogen-bond acceptors (Lipinski definition) is 4. The van der Waals surface area contributed by atoms with Crippen LogP contribution in [0.15, 0.2) is 0 Å². The third-order valence-electron chi connectivity index (χ3n) is 3.18. The van der Waals surface area contributed by atoms with Crippen molar-refractivity contribution in [2.75, 3.05) is 13.1 Å². The zero-order valence-electron chi connectivity index (χ0n) is 10.6. The number of rotatable bonds is 4. The van der Waals surface area contributed by atoms with Crippen molar-refractivity contribution >= 4 is 17.8 Å². The Hall–Kier alpha value is -1.63. The van der Waals surface area contributed by atoms with Crippen molar-refractivity contribution in [1.82, 2.24) is 10.2 Å². The van der Waals surface area contributed by atoms with Crippen LogP contribution in [0.5, 0.6) is 0 Å². The van der Waals surface area contributed by atoms with Crippen molar-refractivity contribution in [1.29, 1.82) is 0 Å². The van der Waals surface area contributed by atoms with E-state index in [-0.39, 0.29) is 12.5 Å². The molecule has 0 spiro atoms. The summed E-state index contributed by atoms with van der Waals surface area (Å²) >= 11 is 0. The summed E-state index contributed by atoms with van der Waals surface area (Å²) in [7, 11) is 0. The molecule has 7 heteroatoms. The van der Waals surface area contributed by atoms with E-state index in [2.05, 4.69) is 5.32 Å². The van der Waals surface area contributed by atoms with Gasteiger partial charge in [-0.1, -0.05) is 6.92 Å². The zero-order valence-corrected chi connectivity index (χ0v) is 10.6. The van der Waals surface area contributed by atoms with Gasteiger partial charge in [-0.25, -0.2) is 0 Å². The molecule has 102 valence electrons. The molecule has 1 saturated heterocycles. The number of nitrogens with zero attached hydrogens (tertiary/aromatic N) is 1. The highest BCUT2D eigenvalue weighted by Crippen LogP contribution is 2.16. The van der Waals surface area contributed by atoms with E-state index in [9.17, 15) is 14.4 Å². The molecule has 0 aromatic carbocycles. The summed E-state index contributed by atoms with van der Waals surface area (Å²) in [5.74, 6) is -1.94. The first-order chi connectivity index (χ1) is 8.29. The van der Waals surface area contributed by atoms with E-state index < -0.39 is 29.9 Å². The highest BCUT2D eigenvalue weighted by molar-refractivity contribution is 5.94. The topological polar surface area (TPSA) is 113 Å². The Morgan fingerprint density at radius 2 is 2.22 bits per heavy atom. The lowest BCUT2D eigenvalue weighted by molar-refractivity contribution is -0.151. The molecule has 2 atom stereocenters. The summed E-state index contributed by atoms with van der Waals surface area (Å²) in [4.78, 5) is 35.9. The molecule has 0 aromatic rings. The molecule has 0 radical (unpaired) electrons. The van der Waals surface area contributed by atoms with Crippen molar-refractivity contribution in [3.8, 4) is 0 Å². The molecule has 2 amide bonds. The average Bonchev–Trinajstić information content (AvgIpc) is 2.30. The Labute approximate surface area is 105 Å². The van der Waals surface area contributed by atoms with Gasteiger partial charge in [0, 0.05) is 13.1 Å². The number of piperazine rings is 1. The summed E-state index contributed by atoms with van der Waals surface area (Å²) in [6.45, 7) is 3.96. The fraction of sp³-hybridized carbons (Fsp3) is 0.727. The Morgan fingerprint density at radius 3 is 2.72 bits per heavy atom. The molecule has 1 rings (SSSR count). The van der Waals surface area contributed by atoms with Gasteiger partial charge in [0.15, 0.2) is 0 Å². The maximum absolute atomic E-state index is 12.2. The molecule has 0 aromatic heterocycles. The van der Waals surface area contributed by atoms with Gasteiger partial charge < -0.3 is 21.1 Å². The van der Waals surface area contributed by atoms with E-state index in [0.29, 0.717) is 13.0 Å². The lowest BCUT2D eigenvalue weighted by Gasteiger charge is -2.38. The molecule has 2 unspecified atom stereocenters. The molecular formula is C11H19N3O4. The molecule has 18 heavy (non-hydrogen) atoms. The molecule has 1 heterocycles. The SMILES string of the molecule is CCC(C)(N)C(=O)N1CCNC(=O)C1CC(=O)O. The van der Waals surface area contributed by atoms with Crippen LogP contribution in [-0.2, 0) is 14.4 Å². The molecule has 0 bridgehead atoms. The number of carbonyl (C=O) groups excluding carboxylic acids is 2. The number of hydrogen-bond donors (Lipinski definition) is 3. The number of aliphatic carboxylic acids is 1. The van der Waals surface area contributed by atoms with Crippen LogP contribution in [-0.4, -0.2) is 52.5 Å². The van der Waals surface area contributed by atoms with Crippen molar-refractivity contribution in [2.24, 2.45) is 5.73 Å². The minimum Gasteiger partial charge on any atom is -0.481 e. The van der Waals surface area contributed by atoms with Gasteiger partial charge in [-0.05, 0) is 13.3 Å². The number of nitrogens with two attached hydrogens (primary N) is 1. The summed E-state index contributed by atoms with van der Waals surface area (Å²) in [5, 5.41) is 11.3. The second kappa shape index (κ2) is 5.34. The van der Waals surface area contributed by atoms with Gasteiger partial charge in [0.1, 0.15) is 6.04 Å². The predicted molar refractivity (Wildman–Crippen MR) is 63.6 cm³/mol. The van der Waals surface area contributed by atoms with Gasteiger partial charge >= 0.3 is 5.97 Å². The van der Waals surface area contributed by atoms with Crippen LogP contribution in [0.3, 0.4) is 0 Å². The minimum atomic E-state index is -1.12. The summed E-state index contributed by atoms with van der Waals surface area (Å²) in [5.41, 5.74) is 4.78. The van der Waals surface area contributed by atoms with Gasteiger partial charge in [0.2, 0.25) is 11.8 Å². The van der Waals surface area contributed by atoms with Crippen LogP contribution in [0.1, 0.15) is 26.7 Å². The molecule has 7 nitrogen and oxygen atoms in total. The van der Waals surface area contributed by atoms with E-state index in [4.69, 9.17) is 10.8 Å². The van der Waals surface area contributed by atoms with E-state index >= 15 is 0 Å². The molecule has 0 aliphatic carbocycles. The summed E-state index contributed by atoms with van der Waals surface area (Å²) < 4.78 is 0. The Balaban J connectivity index is 2.92. The third-order valence-corrected chi connectivity index (χ3v) is 3.18. The van der Waals surface area contributed by atoms with E-state index in [1.165, 1.54) is 4.90 Å². The number of amides is 2. The fourth-order valence-electron chi connectivity index (χ4n) is 1.81. The largest absolute Gasteiger partial charge is 0.481 e. The van der Waals surface area contributed by atoms with E-state index in [1.807, 2.05) is 0 Å². The first-order valence-electron chi connectivity index (χ1n) is 5.89. The first kappa shape index (κ1) is 14.4. The molecule has 1 fully saturated rings. The normalized spacial score (nSPS) is 23.2. The van der Waals surface area contributed by atoms with Crippen molar-refractivity contribution in [3.63, 3.8) is 0 Å². The minimum absolute atomic E-state index is 0.287. The van der Waals surface area contributed by atoms with Crippen molar-refractivity contribution in [2.45, 2.75) is 38.3 Å². The highest BCUT2D eigenvalue weighted by Gasteiger charge is 2.40. The Bertz CT molecular complexity index is 367. The third kappa shape index (κ3) is 2.98. The number of carbonyl (C=O) groups is 3. The molecular weight excluding hydrogens is 238 g/mol. The number of nitrogens with one attached hydrogen (secondary N) is 1. The lowest BCUT2D eigenvalue weighted by Crippen LogP contribution is -2.63. The van der Waals surface area contributed by atoms with Crippen LogP contribution in [0.25, 0.3) is 0 Å². The van der Waals surface area contributed by atoms with Gasteiger partial charge in [0.05, 0.1) is 12.0 Å². The summed E-state index contributed by atoms with van der Waals surface area (Å²) in [6, 6.07) is -0.974. The number of carboxylic acid groups (broad SMARTS) is 1. The monoisotopic (exact) mass is 257 g/mol. The van der Waals surface area contributed by atoms with Gasteiger partial charge in [-0.3, -0.25) is 14.4 Å². The second-order valence-electron chi connectivity index (χ2n) is 4.67. The molecule has 1 aliphatic heterocycles. The first-order valence-corrected chi connectivity index (χ1v) is 5.89. The quantitative estimate of drug-likeness (QED) is 0.592. The van der Waals surface area contributed by atoms with Crippen LogP contribution >= 0.6 is 0 Å². The number of carboxylic acids is 1. The molecule has 0 saturated carbocycles. The van der Waals surface area contributed by atoms with Crippen LogP contribution in [0, 0.1) is 0 Å². The van der Waals surface area contributed by atoms with Crippen molar-refractivity contribution < 1.29 is 19.5 Å². The Morgan fingerprint density at radius 1 is 1.61 bits per heavy atom. The maximum atomic E-state index is 12.2. The summed E-state index contributed by atoms with van der Waals surface area (Å²) in [6.07, 6.45) is 0.0150. The van der Waals surface area contributed by atoms with Crippen LogP contribution in [0.2, 0.25) is 0 Å². The van der Waals surface area contributed by atoms with Crippen LogP contribution in [0.4, 0.5) is 0 Å². The highest BCUT2D eigenvalue weighted by atomic mass is 16.4. The van der Waals surface area contributed by atoms with Crippen LogP contribution < -0.4 is 11.1 Å². The predicted octanol–water partition coefficient (Wildman–Crippen LogP) is -1.08. The van der Waals surface area contributed by atoms with Crippen molar-refractivity contribution in [3.05, 3.63) is 0 Å². The standard InChI is InChI=1S/C11H19N3O4/c1-3-11(2,12)10(18)14-5-4-13-9(17)7(14)6-8(15)16/h7H,3-6,12H2,1-2H3,(H,13,17)(H,15,16). The molecule has 1 aliphatic rings. The fourth-order valence-corrected chi connectivity index (χ4v) is 1.81.